The van der Waals surface area contributed by atoms with Crippen LogP contribution in [0.4, 0.5) is 13.2 Å². The molecule has 7 nitrogen and oxygen atoms in total. The summed E-state index contributed by atoms with van der Waals surface area (Å²) in [6, 6.07) is -1.35. The second-order valence-corrected chi connectivity index (χ2v) is 5.22. The highest BCUT2D eigenvalue weighted by atomic mass is 19.4. The average molecular weight is 335 g/mol. The summed E-state index contributed by atoms with van der Waals surface area (Å²) < 4.78 is 49.0. The van der Waals surface area contributed by atoms with Gasteiger partial charge in [-0.3, -0.25) is 9.59 Å². The van der Waals surface area contributed by atoms with E-state index < -0.39 is 24.2 Å². The van der Waals surface area contributed by atoms with Crippen molar-refractivity contribution in [2.24, 2.45) is 0 Å². The zero-order valence-electron chi connectivity index (χ0n) is 12.5. The van der Waals surface area contributed by atoms with Gasteiger partial charge < -0.3 is 19.5 Å². The van der Waals surface area contributed by atoms with E-state index in [0.717, 1.165) is 6.07 Å². The Kier molecular flexibility index (Phi) is 4.81. The zero-order chi connectivity index (χ0) is 17.2. The van der Waals surface area contributed by atoms with Gasteiger partial charge in [-0.1, -0.05) is 0 Å². The molecule has 1 aromatic heterocycles. The van der Waals surface area contributed by atoms with Crippen molar-refractivity contribution in [1.29, 1.82) is 0 Å². The average Bonchev–Trinajstić information content (AvgIpc) is 2.93. The van der Waals surface area contributed by atoms with Crippen LogP contribution in [0.15, 0.2) is 10.6 Å². The first-order valence-electron chi connectivity index (χ1n) is 6.88. The molecule has 0 bridgehead atoms. The molecule has 0 aliphatic carbocycles. The van der Waals surface area contributed by atoms with E-state index in [9.17, 15) is 22.8 Å². The summed E-state index contributed by atoms with van der Waals surface area (Å²) in [7, 11) is 1.29. The molecule has 2 atom stereocenters. The van der Waals surface area contributed by atoms with Crippen LogP contribution < -0.4 is 10.1 Å². The highest BCUT2D eigenvalue weighted by molar-refractivity contribution is 5.92. The molecule has 1 saturated heterocycles. The second-order valence-electron chi connectivity index (χ2n) is 5.22. The van der Waals surface area contributed by atoms with E-state index in [2.05, 4.69) is 10.5 Å². The number of nitrogens with one attached hydrogen (secondary N) is 1. The number of methoxy groups -OCH3 is 1. The molecule has 0 spiro atoms. The maximum Gasteiger partial charge on any atom is 0.408 e. The summed E-state index contributed by atoms with van der Waals surface area (Å²) in [6.45, 7) is 1.01. The summed E-state index contributed by atoms with van der Waals surface area (Å²) in [5, 5.41) is 5.94. The lowest BCUT2D eigenvalue weighted by Gasteiger charge is -2.39. The molecule has 1 aromatic rings. The number of hydrogen-bond donors (Lipinski definition) is 1. The third-order valence-corrected chi connectivity index (χ3v) is 3.54. The van der Waals surface area contributed by atoms with Crippen LogP contribution in [0.3, 0.4) is 0 Å². The molecule has 0 saturated carbocycles. The largest absolute Gasteiger partial charge is 0.479 e. The third kappa shape index (κ3) is 3.93. The Morgan fingerprint density at radius 2 is 2.13 bits per heavy atom. The van der Waals surface area contributed by atoms with Crippen LogP contribution in [0.2, 0.25) is 0 Å². The second kappa shape index (κ2) is 6.47. The fourth-order valence-corrected chi connectivity index (χ4v) is 2.54. The third-order valence-electron chi connectivity index (χ3n) is 3.54. The first kappa shape index (κ1) is 17.1. The lowest BCUT2D eigenvalue weighted by molar-refractivity contribution is -0.184. The zero-order valence-corrected chi connectivity index (χ0v) is 12.5. The number of likely N-dealkylation sites (tertiary alicyclic amines) is 1. The van der Waals surface area contributed by atoms with Crippen molar-refractivity contribution in [3.8, 4) is 5.88 Å². The number of rotatable bonds is 3. The Morgan fingerprint density at radius 1 is 1.43 bits per heavy atom. The predicted octanol–water partition coefficient (Wildman–Crippen LogP) is 1.35. The van der Waals surface area contributed by atoms with Gasteiger partial charge in [0.05, 0.1) is 13.2 Å². The van der Waals surface area contributed by atoms with Crippen LogP contribution in [0, 0.1) is 0 Å². The highest BCUT2D eigenvalue weighted by Gasteiger charge is 2.48. The minimum absolute atomic E-state index is 0.00710. The molecule has 1 aliphatic heterocycles. The molecule has 0 aromatic carbocycles. The topological polar surface area (TPSA) is 84.7 Å². The van der Waals surface area contributed by atoms with Gasteiger partial charge in [-0.15, -0.1) is 0 Å². The normalized spacial score (nSPS) is 21.9. The summed E-state index contributed by atoms with van der Waals surface area (Å²) >= 11 is 0. The highest BCUT2D eigenvalue weighted by Crippen LogP contribution is 2.33. The van der Waals surface area contributed by atoms with Gasteiger partial charge in [0.25, 0.3) is 11.8 Å². The molecule has 1 aliphatic rings. The van der Waals surface area contributed by atoms with Crippen LogP contribution in [0.25, 0.3) is 0 Å². The van der Waals surface area contributed by atoms with E-state index in [1.165, 1.54) is 14.0 Å². The lowest BCUT2D eigenvalue weighted by Crippen LogP contribution is -2.58. The standard InChI is InChI=1S/C13H16F3N3O4/c1-7(20)17-8-3-4-10(13(14,15)16)19(6-8)12(21)9-5-11(22-2)18-23-9/h5,8,10H,3-4,6H2,1-2H3,(H,17,20)/t8-,10+/m0/s1. The fourth-order valence-electron chi connectivity index (χ4n) is 2.54. The van der Waals surface area contributed by atoms with Gasteiger partial charge in [0.15, 0.2) is 0 Å². The number of nitrogens with zero attached hydrogens (tertiary/aromatic N) is 2. The molecule has 2 amide bonds. The van der Waals surface area contributed by atoms with Crippen molar-refractivity contribution in [1.82, 2.24) is 15.4 Å². The summed E-state index contributed by atoms with van der Waals surface area (Å²) in [5.74, 6) is -1.67. The Labute approximate surface area is 129 Å². The predicted molar refractivity (Wildman–Crippen MR) is 70.8 cm³/mol. The van der Waals surface area contributed by atoms with Gasteiger partial charge in [-0.25, -0.2) is 0 Å². The quantitative estimate of drug-likeness (QED) is 0.901. The van der Waals surface area contributed by atoms with Gasteiger partial charge in [0.2, 0.25) is 11.7 Å². The lowest BCUT2D eigenvalue weighted by atomic mass is 9.97. The summed E-state index contributed by atoms with van der Waals surface area (Å²) in [6.07, 6.45) is -4.74. The van der Waals surface area contributed by atoms with Crippen molar-refractivity contribution in [2.45, 2.75) is 38.0 Å². The van der Waals surface area contributed by atoms with Crippen molar-refractivity contribution >= 4 is 11.8 Å². The van der Waals surface area contributed by atoms with Gasteiger partial charge >= 0.3 is 6.18 Å². The molecule has 10 heteroatoms. The molecular weight excluding hydrogens is 319 g/mol. The number of carbonyl (C=O) groups excluding carboxylic acids is 2. The number of amides is 2. The van der Waals surface area contributed by atoms with Crippen molar-refractivity contribution < 1.29 is 32.0 Å². The Hall–Kier alpha value is -2.26. The number of alkyl halides is 3. The van der Waals surface area contributed by atoms with E-state index in [1.54, 1.807) is 0 Å². The maximum absolute atomic E-state index is 13.2. The summed E-state index contributed by atoms with van der Waals surface area (Å²) in [5.41, 5.74) is 0. The van der Waals surface area contributed by atoms with Gasteiger partial charge in [0, 0.05) is 19.5 Å². The van der Waals surface area contributed by atoms with E-state index in [4.69, 9.17) is 9.26 Å². The van der Waals surface area contributed by atoms with Crippen LogP contribution >= 0.6 is 0 Å². The molecule has 1 fully saturated rings. The Morgan fingerprint density at radius 3 is 2.65 bits per heavy atom. The molecule has 1 N–H and O–H groups in total. The number of ether oxygens (including phenoxy) is 1. The van der Waals surface area contributed by atoms with Crippen molar-refractivity contribution in [3.63, 3.8) is 0 Å². The van der Waals surface area contributed by atoms with Crippen LogP contribution in [0.5, 0.6) is 5.88 Å². The molecular formula is C13H16F3N3O4. The van der Waals surface area contributed by atoms with Gasteiger partial charge in [0.1, 0.15) is 6.04 Å². The summed E-state index contributed by atoms with van der Waals surface area (Å²) in [4.78, 5) is 24.1. The van der Waals surface area contributed by atoms with E-state index in [0.29, 0.717) is 4.90 Å². The molecule has 2 rings (SSSR count). The molecule has 0 unspecified atom stereocenters. The van der Waals surface area contributed by atoms with Crippen LogP contribution in [-0.2, 0) is 4.79 Å². The van der Waals surface area contributed by atoms with Crippen LogP contribution in [0.1, 0.15) is 30.3 Å². The van der Waals surface area contributed by atoms with Crippen LogP contribution in [-0.4, -0.2) is 53.8 Å². The van der Waals surface area contributed by atoms with Crippen molar-refractivity contribution in [2.75, 3.05) is 13.7 Å². The van der Waals surface area contributed by atoms with Crippen molar-refractivity contribution in [3.05, 3.63) is 11.8 Å². The number of halogens is 3. The molecule has 0 radical (unpaired) electrons. The smallest absolute Gasteiger partial charge is 0.408 e. The minimum atomic E-state index is -4.57. The first-order valence-corrected chi connectivity index (χ1v) is 6.88. The maximum atomic E-state index is 13.2. The van der Waals surface area contributed by atoms with E-state index in [1.807, 2.05) is 0 Å². The molecule has 23 heavy (non-hydrogen) atoms. The SMILES string of the molecule is COc1cc(C(=O)N2C[C@@H](NC(C)=O)CC[C@@H]2C(F)(F)F)on1. The monoisotopic (exact) mass is 335 g/mol. The Balaban J connectivity index is 2.23. The number of piperidine rings is 1. The van der Waals surface area contributed by atoms with E-state index >= 15 is 0 Å². The Bertz CT molecular complexity index is 587. The fraction of sp³-hybridized carbons (Fsp3) is 0.615. The number of carbonyl (C=O) groups is 2. The van der Waals surface area contributed by atoms with E-state index in [-0.39, 0.29) is 36.9 Å². The number of hydrogen-bond acceptors (Lipinski definition) is 5. The van der Waals surface area contributed by atoms with Gasteiger partial charge in [-0.05, 0) is 18.0 Å². The van der Waals surface area contributed by atoms with Gasteiger partial charge in [-0.2, -0.15) is 13.2 Å². The molecule has 128 valence electrons. The first-order chi connectivity index (χ1) is 10.7. The number of aromatic nitrogens is 1. The molecule has 2 heterocycles. The minimum Gasteiger partial charge on any atom is -0.479 e.